The smallest absolute Gasteiger partial charge is 0.350 e. The second kappa shape index (κ2) is 12.4. The number of nitrogens with one attached hydrogen (secondary N) is 1. The van der Waals surface area contributed by atoms with E-state index in [4.69, 9.17) is 11.6 Å². The molecule has 3 aromatic carbocycles. The molecule has 6 nitrogen and oxygen atoms in total. The molecule has 4 rings (SSSR count). The first kappa shape index (κ1) is 28.9. The number of rotatable bonds is 9. The van der Waals surface area contributed by atoms with Crippen molar-refractivity contribution in [3.8, 4) is 0 Å². The van der Waals surface area contributed by atoms with Gasteiger partial charge in [0.2, 0.25) is 5.91 Å². The summed E-state index contributed by atoms with van der Waals surface area (Å²) in [7, 11) is -4.42. The van der Waals surface area contributed by atoms with E-state index in [9.17, 15) is 26.4 Å². The minimum atomic E-state index is -4.73. The van der Waals surface area contributed by atoms with Crippen LogP contribution < -0.4 is 9.62 Å². The molecule has 0 spiro atoms. The zero-order valence-electron chi connectivity index (χ0n) is 21.1. The van der Waals surface area contributed by atoms with Crippen LogP contribution in [0.25, 0.3) is 0 Å². The lowest BCUT2D eigenvalue weighted by atomic mass is 10.1. The van der Waals surface area contributed by atoms with Gasteiger partial charge < -0.3 is 5.32 Å². The van der Waals surface area contributed by atoms with Gasteiger partial charge in [-0.25, -0.2) is 8.42 Å². The second-order valence-corrected chi connectivity index (χ2v) is 11.7. The van der Waals surface area contributed by atoms with Crippen LogP contribution in [0.4, 0.5) is 18.9 Å². The number of hydrogen-bond acceptors (Lipinski definition) is 4. The normalized spacial score (nSPS) is 14.7. The molecule has 0 saturated carbocycles. The molecule has 1 heterocycles. The van der Waals surface area contributed by atoms with E-state index in [1.54, 1.807) is 6.07 Å². The van der Waals surface area contributed by atoms with Gasteiger partial charge >= 0.3 is 6.18 Å². The summed E-state index contributed by atoms with van der Waals surface area (Å²) in [5.74, 6) is -0.694. The predicted octanol–water partition coefficient (Wildman–Crippen LogP) is 5.86. The van der Waals surface area contributed by atoms with Crippen molar-refractivity contribution < 1.29 is 26.4 Å². The highest BCUT2D eigenvalue weighted by Crippen LogP contribution is 2.37. The summed E-state index contributed by atoms with van der Waals surface area (Å²) < 4.78 is 67.8. The number of piperidine rings is 1. The summed E-state index contributed by atoms with van der Waals surface area (Å²) in [6.45, 7) is 2.38. The van der Waals surface area contributed by atoms with E-state index < -0.39 is 39.9 Å². The van der Waals surface area contributed by atoms with Crippen LogP contribution in [-0.2, 0) is 34.1 Å². The number of amides is 1. The molecule has 1 N–H and O–H groups in total. The number of anilines is 1. The summed E-state index contributed by atoms with van der Waals surface area (Å²) >= 11 is 6.17. The zero-order valence-corrected chi connectivity index (χ0v) is 22.7. The third kappa shape index (κ3) is 7.52. The van der Waals surface area contributed by atoms with Crippen LogP contribution in [0.5, 0.6) is 0 Å². The Morgan fingerprint density at radius 1 is 0.923 bits per heavy atom. The Bertz CT molecular complexity index is 1380. The number of likely N-dealkylation sites (tertiary alicyclic amines) is 1. The van der Waals surface area contributed by atoms with Crippen molar-refractivity contribution in [1.82, 2.24) is 10.2 Å². The van der Waals surface area contributed by atoms with E-state index >= 15 is 0 Å². The summed E-state index contributed by atoms with van der Waals surface area (Å²) in [6.07, 6.45) is -1.07. The fourth-order valence-electron chi connectivity index (χ4n) is 4.42. The maximum absolute atomic E-state index is 13.5. The highest BCUT2D eigenvalue weighted by Gasteiger charge is 2.34. The first-order valence-electron chi connectivity index (χ1n) is 12.6. The average Bonchev–Trinajstić information content (AvgIpc) is 2.92. The van der Waals surface area contributed by atoms with Crippen molar-refractivity contribution in [2.45, 2.75) is 43.4 Å². The lowest BCUT2D eigenvalue weighted by Gasteiger charge is -2.26. The van der Waals surface area contributed by atoms with Crippen molar-refractivity contribution in [2.24, 2.45) is 0 Å². The molecule has 1 saturated heterocycles. The van der Waals surface area contributed by atoms with Crippen molar-refractivity contribution in [3.63, 3.8) is 0 Å². The molecule has 11 heteroatoms. The van der Waals surface area contributed by atoms with Gasteiger partial charge in [-0.05, 0) is 67.4 Å². The molecule has 1 aliphatic rings. The molecular formula is C28H29ClF3N3O3S. The van der Waals surface area contributed by atoms with Gasteiger partial charge in [0.05, 0.1) is 21.2 Å². The average molecular weight is 580 g/mol. The molecule has 1 aliphatic heterocycles. The van der Waals surface area contributed by atoms with Crippen LogP contribution in [0.15, 0.2) is 77.7 Å². The zero-order chi connectivity index (χ0) is 28.0. The van der Waals surface area contributed by atoms with Crippen LogP contribution in [0, 0.1) is 0 Å². The van der Waals surface area contributed by atoms with Crippen molar-refractivity contribution in [2.75, 3.05) is 23.9 Å². The maximum Gasteiger partial charge on any atom is 0.416 e. The Kier molecular flexibility index (Phi) is 9.19. The van der Waals surface area contributed by atoms with Gasteiger partial charge in [-0.2, -0.15) is 13.2 Å². The van der Waals surface area contributed by atoms with Gasteiger partial charge in [0.15, 0.2) is 0 Å². The molecule has 0 atom stereocenters. The summed E-state index contributed by atoms with van der Waals surface area (Å²) in [4.78, 5) is 15.1. The number of nitrogens with zero attached hydrogens (tertiary/aromatic N) is 2. The summed E-state index contributed by atoms with van der Waals surface area (Å²) in [5.41, 5.74) is 0.444. The Morgan fingerprint density at radius 2 is 1.56 bits per heavy atom. The first-order chi connectivity index (χ1) is 18.5. The Hall–Kier alpha value is -3.08. The SMILES string of the molecule is O=C(CN(c1cc(C(F)(F)F)ccc1Cl)S(=O)(=O)c1ccccc1)NCc1ccc(CN2CCCCC2)cc1. The van der Waals surface area contributed by atoms with Gasteiger partial charge in [0, 0.05) is 13.1 Å². The molecule has 0 aliphatic carbocycles. The molecule has 1 fully saturated rings. The van der Waals surface area contributed by atoms with E-state index in [2.05, 4.69) is 10.2 Å². The van der Waals surface area contributed by atoms with E-state index in [1.807, 2.05) is 24.3 Å². The molecule has 0 aromatic heterocycles. The minimum absolute atomic E-state index is 0.123. The van der Waals surface area contributed by atoms with Gasteiger partial charge in [0.1, 0.15) is 6.54 Å². The predicted molar refractivity (Wildman–Crippen MR) is 145 cm³/mol. The number of hydrogen-bond donors (Lipinski definition) is 1. The maximum atomic E-state index is 13.5. The largest absolute Gasteiger partial charge is 0.416 e. The molecule has 0 bridgehead atoms. The van der Waals surface area contributed by atoms with E-state index in [0.717, 1.165) is 42.9 Å². The van der Waals surface area contributed by atoms with E-state index in [0.29, 0.717) is 10.4 Å². The highest BCUT2D eigenvalue weighted by atomic mass is 35.5. The fourth-order valence-corrected chi connectivity index (χ4v) is 6.15. The molecule has 3 aromatic rings. The number of alkyl halides is 3. The van der Waals surface area contributed by atoms with Crippen LogP contribution in [0.2, 0.25) is 5.02 Å². The van der Waals surface area contributed by atoms with E-state index in [-0.39, 0.29) is 16.5 Å². The quantitative estimate of drug-likeness (QED) is 0.345. The Balaban J connectivity index is 1.51. The van der Waals surface area contributed by atoms with Crippen LogP contribution in [0.1, 0.15) is 36.0 Å². The number of carbonyl (C=O) groups is 1. The van der Waals surface area contributed by atoms with Gasteiger partial charge in [-0.1, -0.05) is 60.5 Å². The lowest BCUT2D eigenvalue weighted by Crippen LogP contribution is -2.41. The minimum Gasteiger partial charge on any atom is -0.350 e. The first-order valence-corrected chi connectivity index (χ1v) is 14.4. The summed E-state index contributed by atoms with van der Waals surface area (Å²) in [6, 6.07) is 17.3. The van der Waals surface area contributed by atoms with Crippen molar-refractivity contribution in [3.05, 3.63) is 94.5 Å². The van der Waals surface area contributed by atoms with Crippen molar-refractivity contribution in [1.29, 1.82) is 0 Å². The standard InChI is InChI=1S/C28H29ClF3N3O3S/c29-25-14-13-23(28(30,31)32)17-26(25)35(39(37,38)24-7-3-1-4-8-24)20-27(36)33-18-21-9-11-22(12-10-21)19-34-15-5-2-6-16-34/h1,3-4,7-14,17H,2,5-6,15-16,18-20H2,(H,33,36). The van der Waals surface area contributed by atoms with E-state index in [1.165, 1.54) is 43.5 Å². The second-order valence-electron chi connectivity index (χ2n) is 9.42. The van der Waals surface area contributed by atoms with Crippen LogP contribution >= 0.6 is 11.6 Å². The fraction of sp³-hybridized carbons (Fsp3) is 0.321. The number of carbonyl (C=O) groups excluding carboxylic acids is 1. The number of sulfonamides is 1. The molecule has 0 radical (unpaired) electrons. The third-order valence-electron chi connectivity index (χ3n) is 6.53. The lowest BCUT2D eigenvalue weighted by molar-refractivity contribution is -0.137. The van der Waals surface area contributed by atoms with Gasteiger partial charge in [-0.15, -0.1) is 0 Å². The Labute approximate surface area is 231 Å². The Morgan fingerprint density at radius 3 is 2.21 bits per heavy atom. The van der Waals surface area contributed by atoms with Gasteiger partial charge in [0.25, 0.3) is 10.0 Å². The number of halogens is 4. The molecule has 1 amide bonds. The summed E-state index contributed by atoms with van der Waals surface area (Å²) in [5, 5.41) is 2.43. The van der Waals surface area contributed by atoms with Crippen LogP contribution in [-0.4, -0.2) is 38.9 Å². The molecule has 0 unspecified atom stereocenters. The number of benzene rings is 3. The molecular weight excluding hydrogens is 551 g/mol. The molecule has 208 valence electrons. The molecule has 39 heavy (non-hydrogen) atoms. The van der Waals surface area contributed by atoms with Gasteiger partial charge in [-0.3, -0.25) is 14.0 Å². The van der Waals surface area contributed by atoms with Crippen LogP contribution in [0.3, 0.4) is 0 Å². The topological polar surface area (TPSA) is 69.7 Å². The van der Waals surface area contributed by atoms with Crippen molar-refractivity contribution >= 4 is 33.2 Å². The highest BCUT2D eigenvalue weighted by molar-refractivity contribution is 7.92. The third-order valence-corrected chi connectivity index (χ3v) is 8.62. The monoisotopic (exact) mass is 579 g/mol.